The van der Waals surface area contributed by atoms with Gasteiger partial charge in [0, 0.05) is 12.1 Å². The molecule has 1 atom stereocenters. The average Bonchev–Trinajstić information content (AvgIpc) is 2.68. The molecule has 0 heterocycles. The van der Waals surface area contributed by atoms with Crippen molar-refractivity contribution in [2.24, 2.45) is 0 Å². The predicted molar refractivity (Wildman–Crippen MR) is 93.3 cm³/mol. The molecule has 0 aromatic heterocycles. The summed E-state index contributed by atoms with van der Waals surface area (Å²) in [6.45, 7) is -1.95. The molecule has 164 valence electrons. The van der Waals surface area contributed by atoms with Crippen molar-refractivity contribution in [3.8, 4) is 11.5 Å². The zero-order valence-corrected chi connectivity index (χ0v) is 15.3. The van der Waals surface area contributed by atoms with E-state index < -0.39 is 36.5 Å². The van der Waals surface area contributed by atoms with Crippen molar-refractivity contribution < 1.29 is 45.7 Å². The minimum atomic E-state index is -4.48. The van der Waals surface area contributed by atoms with E-state index in [4.69, 9.17) is 4.74 Å². The van der Waals surface area contributed by atoms with Gasteiger partial charge >= 0.3 is 12.4 Å². The second kappa shape index (κ2) is 9.70. The summed E-state index contributed by atoms with van der Waals surface area (Å²) in [4.78, 5) is 12.0. The molecule has 11 heteroatoms. The third-order valence-corrected chi connectivity index (χ3v) is 3.64. The number of aliphatic hydroxyl groups is 1. The molecular weight excluding hydrogens is 420 g/mol. The topological polar surface area (TPSA) is 67.8 Å². The van der Waals surface area contributed by atoms with Gasteiger partial charge in [0.25, 0.3) is 5.91 Å². The molecule has 0 spiro atoms. The molecule has 2 aromatic carbocycles. The first-order valence-electron chi connectivity index (χ1n) is 8.50. The van der Waals surface area contributed by atoms with E-state index in [2.05, 4.69) is 10.1 Å². The Balaban J connectivity index is 1.76. The number of carbonyl (C=O) groups excluding carboxylic acids is 1. The highest BCUT2D eigenvalue weighted by atomic mass is 19.4. The van der Waals surface area contributed by atoms with E-state index >= 15 is 0 Å². The Kier molecular flexibility index (Phi) is 7.54. The maximum Gasteiger partial charge on any atom is 0.422 e. The van der Waals surface area contributed by atoms with Crippen LogP contribution in [0.1, 0.15) is 15.9 Å². The first-order chi connectivity index (χ1) is 13.9. The monoisotopic (exact) mass is 437 g/mol. The number of hydrogen-bond donors (Lipinski definition) is 2. The molecule has 1 unspecified atom stereocenters. The van der Waals surface area contributed by atoms with E-state index in [9.17, 15) is 36.2 Å². The average molecular weight is 437 g/mol. The van der Waals surface area contributed by atoms with Crippen molar-refractivity contribution in [1.82, 2.24) is 5.32 Å². The van der Waals surface area contributed by atoms with Gasteiger partial charge in [-0.3, -0.25) is 4.79 Å². The van der Waals surface area contributed by atoms with E-state index in [-0.39, 0.29) is 30.2 Å². The number of rotatable bonds is 8. The second-order valence-electron chi connectivity index (χ2n) is 6.13. The Morgan fingerprint density at radius 2 is 1.43 bits per heavy atom. The molecule has 2 aromatic rings. The minimum absolute atomic E-state index is 0.0612. The number of nitrogens with one attached hydrogen (secondary N) is 1. The van der Waals surface area contributed by atoms with Gasteiger partial charge in [0.05, 0.1) is 5.56 Å². The van der Waals surface area contributed by atoms with Gasteiger partial charge in [-0.2, -0.15) is 26.3 Å². The summed E-state index contributed by atoms with van der Waals surface area (Å²) in [5, 5.41) is 12.2. The SMILES string of the molecule is O=C(NCC(O)COc1ccc(C(F)(F)F)cc1)c1ccc(OCC(F)(F)F)cc1. The molecule has 2 N–H and O–H groups in total. The summed E-state index contributed by atoms with van der Waals surface area (Å²) < 4.78 is 83.4. The van der Waals surface area contributed by atoms with Crippen LogP contribution in [0.25, 0.3) is 0 Å². The smallest absolute Gasteiger partial charge is 0.422 e. The van der Waals surface area contributed by atoms with E-state index in [0.29, 0.717) is 0 Å². The Morgan fingerprint density at radius 1 is 0.900 bits per heavy atom. The molecule has 0 bridgehead atoms. The van der Waals surface area contributed by atoms with Crippen LogP contribution in [0.2, 0.25) is 0 Å². The Labute approximate surface area is 167 Å². The summed E-state index contributed by atoms with van der Waals surface area (Å²) in [6.07, 6.45) is -10.1. The van der Waals surface area contributed by atoms with Gasteiger partial charge in [0.2, 0.25) is 0 Å². The van der Waals surface area contributed by atoms with Gasteiger partial charge < -0.3 is 19.9 Å². The molecule has 0 aliphatic rings. The lowest BCUT2D eigenvalue weighted by Crippen LogP contribution is -2.35. The van der Waals surface area contributed by atoms with Crippen molar-refractivity contribution in [1.29, 1.82) is 0 Å². The number of halogens is 6. The fourth-order valence-electron chi connectivity index (χ4n) is 2.17. The van der Waals surface area contributed by atoms with Crippen molar-refractivity contribution in [2.75, 3.05) is 19.8 Å². The van der Waals surface area contributed by atoms with Crippen molar-refractivity contribution >= 4 is 5.91 Å². The Hall–Kier alpha value is -2.95. The number of aliphatic hydroxyl groups excluding tert-OH is 1. The van der Waals surface area contributed by atoms with Gasteiger partial charge in [-0.05, 0) is 48.5 Å². The molecule has 0 aliphatic heterocycles. The molecule has 1 amide bonds. The van der Waals surface area contributed by atoms with Crippen LogP contribution in [0.15, 0.2) is 48.5 Å². The summed E-state index contributed by atoms with van der Waals surface area (Å²) >= 11 is 0. The van der Waals surface area contributed by atoms with Crippen LogP contribution in [0.4, 0.5) is 26.3 Å². The van der Waals surface area contributed by atoms with Gasteiger partial charge in [0.1, 0.15) is 24.2 Å². The van der Waals surface area contributed by atoms with Crippen LogP contribution in [0.3, 0.4) is 0 Å². The van der Waals surface area contributed by atoms with E-state index in [1.54, 1.807) is 0 Å². The zero-order valence-electron chi connectivity index (χ0n) is 15.3. The zero-order chi connectivity index (χ0) is 22.4. The van der Waals surface area contributed by atoms with Crippen molar-refractivity contribution in [3.63, 3.8) is 0 Å². The van der Waals surface area contributed by atoms with Gasteiger partial charge in [-0.25, -0.2) is 0 Å². The largest absolute Gasteiger partial charge is 0.491 e. The van der Waals surface area contributed by atoms with Crippen LogP contribution in [-0.4, -0.2) is 43.1 Å². The molecule has 0 fully saturated rings. The first-order valence-corrected chi connectivity index (χ1v) is 8.50. The molecule has 0 aliphatic carbocycles. The summed E-state index contributed by atoms with van der Waals surface area (Å²) in [7, 11) is 0. The highest BCUT2D eigenvalue weighted by molar-refractivity contribution is 5.94. The molecule has 0 saturated heterocycles. The van der Waals surface area contributed by atoms with E-state index in [1.807, 2.05) is 0 Å². The number of benzene rings is 2. The molecule has 0 radical (unpaired) electrons. The fourth-order valence-corrected chi connectivity index (χ4v) is 2.17. The summed E-state index contributed by atoms with van der Waals surface area (Å²) in [5.74, 6) is -0.539. The maximum absolute atomic E-state index is 12.5. The van der Waals surface area contributed by atoms with Gasteiger partial charge in [-0.15, -0.1) is 0 Å². The lowest BCUT2D eigenvalue weighted by molar-refractivity contribution is -0.153. The van der Waals surface area contributed by atoms with Gasteiger partial charge in [-0.1, -0.05) is 0 Å². The van der Waals surface area contributed by atoms with E-state index in [0.717, 1.165) is 24.3 Å². The molecule has 2 rings (SSSR count). The summed E-state index contributed by atoms with van der Waals surface area (Å²) in [6, 6.07) is 8.80. The number of carbonyl (C=O) groups is 1. The first kappa shape index (κ1) is 23.3. The van der Waals surface area contributed by atoms with Crippen LogP contribution < -0.4 is 14.8 Å². The number of amides is 1. The Bertz CT molecular complexity index is 819. The minimum Gasteiger partial charge on any atom is -0.491 e. The lowest BCUT2D eigenvalue weighted by atomic mass is 10.2. The highest BCUT2D eigenvalue weighted by Gasteiger charge is 2.30. The van der Waals surface area contributed by atoms with Crippen molar-refractivity contribution in [3.05, 3.63) is 59.7 Å². The third-order valence-electron chi connectivity index (χ3n) is 3.64. The standard InChI is InChI=1S/C19H17F6NO4/c20-18(21,22)11-30-16-5-1-12(2-6-16)17(28)26-9-14(27)10-29-15-7-3-13(4-8-15)19(23,24)25/h1-8,14,27H,9-11H2,(H,26,28). The highest BCUT2D eigenvalue weighted by Crippen LogP contribution is 2.30. The molecular formula is C19H17F6NO4. The number of alkyl halides is 6. The lowest BCUT2D eigenvalue weighted by Gasteiger charge is -2.14. The molecule has 5 nitrogen and oxygen atoms in total. The number of ether oxygens (including phenoxy) is 2. The second-order valence-corrected chi connectivity index (χ2v) is 6.13. The predicted octanol–water partition coefficient (Wildman–Crippen LogP) is 3.82. The quantitative estimate of drug-likeness (QED) is 0.617. The maximum atomic E-state index is 12.5. The third kappa shape index (κ3) is 7.82. The van der Waals surface area contributed by atoms with E-state index in [1.165, 1.54) is 24.3 Å². The van der Waals surface area contributed by atoms with Crippen LogP contribution in [0, 0.1) is 0 Å². The number of hydrogen-bond acceptors (Lipinski definition) is 4. The van der Waals surface area contributed by atoms with Crippen LogP contribution in [0.5, 0.6) is 11.5 Å². The van der Waals surface area contributed by atoms with Crippen molar-refractivity contribution in [2.45, 2.75) is 18.5 Å². The fraction of sp³-hybridized carbons (Fsp3) is 0.316. The normalized spacial score (nSPS) is 12.9. The molecule has 30 heavy (non-hydrogen) atoms. The summed E-state index contributed by atoms with van der Waals surface area (Å²) in [5.41, 5.74) is -0.706. The molecule has 0 saturated carbocycles. The van der Waals surface area contributed by atoms with Gasteiger partial charge in [0.15, 0.2) is 6.61 Å². The van der Waals surface area contributed by atoms with Crippen LogP contribution >= 0.6 is 0 Å². The Morgan fingerprint density at radius 3 is 1.97 bits per heavy atom. The van der Waals surface area contributed by atoms with Crippen LogP contribution in [-0.2, 0) is 6.18 Å².